The summed E-state index contributed by atoms with van der Waals surface area (Å²) in [5.74, 6) is -1.57. The van der Waals surface area contributed by atoms with Gasteiger partial charge in [0.1, 0.15) is 0 Å². The number of hydrogen-bond donors (Lipinski definition) is 3. The highest BCUT2D eigenvalue weighted by molar-refractivity contribution is 6.07. The van der Waals surface area contributed by atoms with Gasteiger partial charge in [-0.3, -0.25) is 14.4 Å². The lowest BCUT2D eigenvalue weighted by Crippen LogP contribution is -2.26. The van der Waals surface area contributed by atoms with Gasteiger partial charge in [-0.1, -0.05) is 12.1 Å². The van der Waals surface area contributed by atoms with Crippen LogP contribution in [0.2, 0.25) is 0 Å². The van der Waals surface area contributed by atoms with Crippen molar-refractivity contribution in [2.75, 3.05) is 6.54 Å². The lowest BCUT2D eigenvalue weighted by molar-refractivity contribution is -0.118. The third-order valence-electron chi connectivity index (χ3n) is 2.43. The number of amides is 3. The average Bonchev–Trinajstić information content (AvgIpc) is 2.27. The molecular formula is C12H15N3O3. The van der Waals surface area contributed by atoms with Crippen molar-refractivity contribution in [2.45, 2.75) is 13.3 Å². The van der Waals surface area contributed by atoms with Crippen LogP contribution in [0.4, 0.5) is 0 Å². The van der Waals surface area contributed by atoms with E-state index >= 15 is 0 Å². The van der Waals surface area contributed by atoms with Crippen LogP contribution >= 0.6 is 0 Å². The topological polar surface area (TPSA) is 115 Å². The first kappa shape index (κ1) is 13.7. The number of benzene rings is 1. The molecule has 0 saturated heterocycles. The Labute approximate surface area is 104 Å². The van der Waals surface area contributed by atoms with Crippen molar-refractivity contribution < 1.29 is 14.4 Å². The molecule has 0 heterocycles. The molecule has 1 rings (SSSR count). The average molecular weight is 249 g/mol. The number of carbonyl (C=O) groups is 3. The van der Waals surface area contributed by atoms with E-state index in [1.54, 1.807) is 12.1 Å². The zero-order chi connectivity index (χ0) is 13.7. The van der Waals surface area contributed by atoms with E-state index in [1.165, 1.54) is 13.0 Å². The molecule has 96 valence electrons. The van der Waals surface area contributed by atoms with E-state index in [0.717, 1.165) is 0 Å². The van der Waals surface area contributed by atoms with Crippen molar-refractivity contribution in [3.05, 3.63) is 34.9 Å². The fourth-order valence-electron chi connectivity index (χ4n) is 1.68. The number of nitrogens with one attached hydrogen (secondary N) is 1. The van der Waals surface area contributed by atoms with Crippen LogP contribution in [0.15, 0.2) is 18.2 Å². The lowest BCUT2D eigenvalue weighted by atomic mass is 9.97. The predicted octanol–water partition coefficient (Wildman–Crippen LogP) is -0.437. The zero-order valence-corrected chi connectivity index (χ0v) is 10.0. The largest absolute Gasteiger partial charge is 0.366 e. The summed E-state index contributed by atoms with van der Waals surface area (Å²) in [6, 6.07) is 4.74. The molecule has 0 aliphatic rings. The quantitative estimate of drug-likeness (QED) is 0.657. The molecule has 0 aliphatic carbocycles. The maximum absolute atomic E-state index is 11.4. The molecule has 0 spiro atoms. The SMILES string of the molecule is CC(=O)NCCc1cccc(C(N)=O)c1C(N)=O. The Balaban J connectivity index is 3.03. The second-order valence-corrected chi connectivity index (χ2v) is 3.80. The summed E-state index contributed by atoms with van der Waals surface area (Å²) < 4.78 is 0. The maximum atomic E-state index is 11.4. The highest BCUT2D eigenvalue weighted by Crippen LogP contribution is 2.14. The van der Waals surface area contributed by atoms with Gasteiger partial charge in [0.15, 0.2) is 0 Å². The molecule has 0 atom stereocenters. The minimum Gasteiger partial charge on any atom is -0.366 e. The Morgan fingerprint density at radius 1 is 1.17 bits per heavy atom. The zero-order valence-electron chi connectivity index (χ0n) is 10.0. The summed E-state index contributed by atoms with van der Waals surface area (Å²) >= 11 is 0. The normalized spacial score (nSPS) is 9.83. The lowest BCUT2D eigenvalue weighted by Gasteiger charge is -2.10. The van der Waals surface area contributed by atoms with Crippen molar-refractivity contribution >= 4 is 17.7 Å². The Hall–Kier alpha value is -2.37. The second-order valence-electron chi connectivity index (χ2n) is 3.80. The van der Waals surface area contributed by atoms with Gasteiger partial charge in [-0.25, -0.2) is 0 Å². The van der Waals surface area contributed by atoms with Crippen LogP contribution in [-0.2, 0) is 11.2 Å². The highest BCUT2D eigenvalue weighted by Gasteiger charge is 2.16. The van der Waals surface area contributed by atoms with Gasteiger partial charge >= 0.3 is 0 Å². The molecule has 1 aromatic carbocycles. The number of hydrogen-bond acceptors (Lipinski definition) is 3. The molecule has 0 aliphatic heterocycles. The first-order valence-corrected chi connectivity index (χ1v) is 5.39. The number of rotatable bonds is 5. The van der Waals surface area contributed by atoms with Gasteiger partial charge in [0.25, 0.3) is 0 Å². The van der Waals surface area contributed by atoms with Crippen LogP contribution < -0.4 is 16.8 Å². The molecule has 0 aromatic heterocycles. The Kier molecular flexibility index (Phi) is 4.42. The summed E-state index contributed by atoms with van der Waals surface area (Å²) in [4.78, 5) is 33.3. The van der Waals surface area contributed by atoms with Crippen molar-refractivity contribution in [2.24, 2.45) is 11.5 Å². The molecule has 6 nitrogen and oxygen atoms in total. The van der Waals surface area contributed by atoms with Gasteiger partial charge in [0, 0.05) is 13.5 Å². The summed E-state index contributed by atoms with van der Waals surface area (Å²) in [6.45, 7) is 1.76. The molecule has 0 radical (unpaired) electrons. The fourth-order valence-corrected chi connectivity index (χ4v) is 1.68. The summed E-state index contributed by atoms with van der Waals surface area (Å²) in [7, 11) is 0. The van der Waals surface area contributed by atoms with Crippen LogP contribution in [0.5, 0.6) is 0 Å². The summed E-state index contributed by atoms with van der Waals surface area (Å²) in [5.41, 5.74) is 11.2. The molecular weight excluding hydrogens is 234 g/mol. The molecule has 18 heavy (non-hydrogen) atoms. The van der Waals surface area contributed by atoms with Crippen LogP contribution in [0.3, 0.4) is 0 Å². The molecule has 3 amide bonds. The molecule has 6 heteroatoms. The minimum absolute atomic E-state index is 0.0998. The Bertz CT molecular complexity index is 497. The number of carbonyl (C=O) groups excluding carboxylic acids is 3. The smallest absolute Gasteiger partial charge is 0.249 e. The van der Waals surface area contributed by atoms with Crippen molar-refractivity contribution in [1.29, 1.82) is 0 Å². The van der Waals surface area contributed by atoms with Crippen LogP contribution in [0, 0.1) is 0 Å². The van der Waals surface area contributed by atoms with Gasteiger partial charge in [-0.15, -0.1) is 0 Å². The van der Waals surface area contributed by atoms with Crippen LogP contribution in [-0.4, -0.2) is 24.3 Å². The van der Waals surface area contributed by atoms with E-state index in [2.05, 4.69) is 5.32 Å². The van der Waals surface area contributed by atoms with Gasteiger partial charge in [0.05, 0.1) is 11.1 Å². The Morgan fingerprint density at radius 3 is 2.33 bits per heavy atom. The summed E-state index contributed by atoms with van der Waals surface area (Å²) in [6.07, 6.45) is 0.402. The minimum atomic E-state index is -0.706. The second kappa shape index (κ2) is 5.81. The van der Waals surface area contributed by atoms with Crippen molar-refractivity contribution in [1.82, 2.24) is 5.32 Å². The van der Waals surface area contributed by atoms with Gasteiger partial charge < -0.3 is 16.8 Å². The van der Waals surface area contributed by atoms with E-state index in [0.29, 0.717) is 18.5 Å². The van der Waals surface area contributed by atoms with Crippen molar-refractivity contribution in [3.8, 4) is 0 Å². The van der Waals surface area contributed by atoms with E-state index in [9.17, 15) is 14.4 Å². The molecule has 0 bridgehead atoms. The maximum Gasteiger partial charge on any atom is 0.249 e. The fraction of sp³-hybridized carbons (Fsp3) is 0.250. The first-order valence-electron chi connectivity index (χ1n) is 5.39. The Morgan fingerprint density at radius 2 is 1.83 bits per heavy atom. The summed E-state index contributed by atoms with van der Waals surface area (Å²) in [5, 5.41) is 2.60. The van der Waals surface area contributed by atoms with Gasteiger partial charge in [0.2, 0.25) is 17.7 Å². The van der Waals surface area contributed by atoms with Gasteiger partial charge in [-0.05, 0) is 18.1 Å². The van der Waals surface area contributed by atoms with Crippen LogP contribution in [0.25, 0.3) is 0 Å². The highest BCUT2D eigenvalue weighted by atomic mass is 16.2. The van der Waals surface area contributed by atoms with E-state index < -0.39 is 11.8 Å². The third-order valence-corrected chi connectivity index (χ3v) is 2.43. The molecule has 0 unspecified atom stereocenters. The first-order chi connectivity index (χ1) is 8.43. The van der Waals surface area contributed by atoms with E-state index in [4.69, 9.17) is 11.5 Å². The predicted molar refractivity (Wildman–Crippen MR) is 65.9 cm³/mol. The van der Waals surface area contributed by atoms with E-state index in [-0.39, 0.29) is 17.0 Å². The molecule has 0 saturated carbocycles. The van der Waals surface area contributed by atoms with Crippen molar-refractivity contribution in [3.63, 3.8) is 0 Å². The van der Waals surface area contributed by atoms with Crippen LogP contribution in [0.1, 0.15) is 33.2 Å². The monoisotopic (exact) mass is 249 g/mol. The van der Waals surface area contributed by atoms with E-state index in [1.807, 2.05) is 0 Å². The number of nitrogens with two attached hydrogens (primary N) is 2. The van der Waals surface area contributed by atoms with Gasteiger partial charge in [-0.2, -0.15) is 0 Å². The number of primary amides is 2. The molecule has 5 N–H and O–H groups in total. The molecule has 1 aromatic rings. The third kappa shape index (κ3) is 3.31. The standard InChI is InChI=1S/C12H15N3O3/c1-7(16)15-6-5-8-3-2-4-9(11(13)17)10(8)12(14)18/h2-4H,5-6H2,1H3,(H2,13,17)(H2,14,18)(H,15,16). The molecule has 0 fully saturated rings.